The molecule has 4 aromatic rings. The number of H-pyrrole nitrogens is 1. The number of fused-ring (bicyclic) bond motifs is 2. The molecular weight excluding hydrogens is 436 g/mol. The third-order valence-electron chi connectivity index (χ3n) is 6.33. The van der Waals surface area contributed by atoms with Crippen LogP contribution in [0.5, 0.6) is 0 Å². The molecular formula is C24H28N6O2S. The number of aromatic nitrogens is 5. The summed E-state index contributed by atoms with van der Waals surface area (Å²) in [5.41, 5.74) is 5.48. The minimum atomic E-state index is -3.23. The fraction of sp³-hybridized carbons (Fsp3) is 0.375. The third kappa shape index (κ3) is 3.90. The maximum Gasteiger partial charge on any atom is 0.178 e. The first-order chi connectivity index (χ1) is 15.7. The van der Waals surface area contributed by atoms with Crippen LogP contribution < -0.4 is 5.32 Å². The molecule has 0 saturated heterocycles. The van der Waals surface area contributed by atoms with Gasteiger partial charge in [-0.3, -0.25) is 4.68 Å². The Morgan fingerprint density at radius 3 is 2.73 bits per heavy atom. The Morgan fingerprint density at radius 1 is 1.18 bits per heavy atom. The van der Waals surface area contributed by atoms with Crippen LogP contribution in [-0.2, 0) is 23.3 Å². The first kappa shape index (κ1) is 21.6. The van der Waals surface area contributed by atoms with Crippen molar-refractivity contribution in [2.24, 2.45) is 13.0 Å². The monoisotopic (exact) mass is 464 g/mol. The van der Waals surface area contributed by atoms with Crippen molar-refractivity contribution in [3.8, 4) is 11.3 Å². The van der Waals surface area contributed by atoms with Crippen LogP contribution >= 0.6 is 0 Å². The fourth-order valence-corrected chi connectivity index (χ4v) is 6.30. The molecule has 1 aliphatic heterocycles. The second-order valence-electron chi connectivity index (χ2n) is 9.13. The number of aryl methyl sites for hydroxylation is 3. The predicted molar refractivity (Wildman–Crippen MR) is 129 cm³/mol. The van der Waals surface area contributed by atoms with Crippen LogP contribution in [0.1, 0.15) is 43.1 Å². The number of anilines is 1. The number of nitrogens with zero attached hydrogens (tertiary/aromatic N) is 4. The largest absolute Gasteiger partial charge is 0.362 e. The number of sulfone groups is 1. The summed E-state index contributed by atoms with van der Waals surface area (Å²) in [6, 6.07) is 7.78. The molecule has 0 unspecified atom stereocenters. The van der Waals surface area contributed by atoms with E-state index >= 15 is 0 Å². The Labute approximate surface area is 193 Å². The molecule has 1 atom stereocenters. The van der Waals surface area contributed by atoms with Gasteiger partial charge >= 0.3 is 0 Å². The van der Waals surface area contributed by atoms with Crippen molar-refractivity contribution in [1.29, 1.82) is 0 Å². The second-order valence-corrected chi connectivity index (χ2v) is 11.2. The Balaban J connectivity index is 1.54. The SMILES string of the molecule is Cc1nn(C)cc1-c1cc2c(N[C@@H](c3ccc4c(c3)S(=O)(=O)CCC4)C(C)C)ncnc2[nH]1. The highest BCUT2D eigenvalue weighted by Crippen LogP contribution is 2.34. The molecule has 0 amide bonds. The van der Waals surface area contributed by atoms with Crippen LogP contribution in [0.15, 0.2) is 41.7 Å². The van der Waals surface area contributed by atoms with Crippen molar-refractivity contribution < 1.29 is 8.42 Å². The van der Waals surface area contributed by atoms with E-state index in [-0.39, 0.29) is 17.7 Å². The second kappa shape index (κ2) is 7.98. The summed E-state index contributed by atoms with van der Waals surface area (Å²) in [7, 11) is -1.33. The van der Waals surface area contributed by atoms with E-state index in [1.807, 2.05) is 44.4 Å². The highest BCUT2D eigenvalue weighted by molar-refractivity contribution is 7.91. The van der Waals surface area contributed by atoms with Gasteiger partial charge in [-0.05, 0) is 48.9 Å². The summed E-state index contributed by atoms with van der Waals surface area (Å²) in [6.45, 7) is 6.21. The van der Waals surface area contributed by atoms with Crippen LogP contribution in [0.2, 0.25) is 0 Å². The van der Waals surface area contributed by atoms with Crippen molar-refractivity contribution in [1.82, 2.24) is 24.7 Å². The summed E-state index contributed by atoms with van der Waals surface area (Å²) in [4.78, 5) is 12.8. The van der Waals surface area contributed by atoms with Crippen LogP contribution in [0, 0.1) is 12.8 Å². The topological polar surface area (TPSA) is 106 Å². The standard InChI is InChI=1S/C24H28N6O2S/c1-14(2)22(17-8-7-16-6-5-9-33(31,32)21(16)10-17)28-24-18-11-20(27-23(18)25-13-26-24)19-12-30(4)29-15(19)3/h7-8,10-14,22H,5-6,9H2,1-4H3,(H2,25,26,27,28)/t22-/m1/s1. The van der Waals surface area contributed by atoms with Crippen LogP contribution in [-0.4, -0.2) is 38.9 Å². The van der Waals surface area contributed by atoms with E-state index in [1.165, 1.54) is 6.33 Å². The first-order valence-electron chi connectivity index (χ1n) is 11.2. The summed E-state index contributed by atoms with van der Waals surface area (Å²) >= 11 is 0. The molecule has 0 fully saturated rings. The zero-order chi connectivity index (χ0) is 23.3. The smallest absolute Gasteiger partial charge is 0.178 e. The lowest BCUT2D eigenvalue weighted by Crippen LogP contribution is -2.20. The average molecular weight is 465 g/mol. The molecule has 33 heavy (non-hydrogen) atoms. The molecule has 4 heterocycles. The molecule has 1 aliphatic rings. The molecule has 0 saturated carbocycles. The van der Waals surface area contributed by atoms with Gasteiger partial charge in [0.15, 0.2) is 9.84 Å². The van der Waals surface area contributed by atoms with Crippen LogP contribution in [0.3, 0.4) is 0 Å². The predicted octanol–water partition coefficient (Wildman–Crippen LogP) is 4.20. The van der Waals surface area contributed by atoms with Crippen molar-refractivity contribution >= 4 is 26.7 Å². The lowest BCUT2D eigenvalue weighted by Gasteiger charge is -2.26. The van der Waals surface area contributed by atoms with Crippen LogP contribution in [0.25, 0.3) is 22.3 Å². The zero-order valence-electron chi connectivity index (χ0n) is 19.3. The van der Waals surface area contributed by atoms with E-state index in [2.05, 4.69) is 39.2 Å². The highest BCUT2D eigenvalue weighted by atomic mass is 32.2. The number of hydrogen-bond acceptors (Lipinski definition) is 6. The molecule has 0 aliphatic carbocycles. The van der Waals surface area contributed by atoms with Gasteiger partial charge in [0.2, 0.25) is 0 Å². The van der Waals surface area contributed by atoms with E-state index in [0.717, 1.165) is 45.5 Å². The molecule has 172 valence electrons. The van der Waals surface area contributed by atoms with Gasteiger partial charge in [-0.2, -0.15) is 5.10 Å². The molecule has 0 bridgehead atoms. The Bertz CT molecular complexity index is 1450. The lowest BCUT2D eigenvalue weighted by molar-refractivity contribution is 0.542. The molecule has 1 aromatic carbocycles. The minimum absolute atomic E-state index is 0.107. The zero-order valence-corrected chi connectivity index (χ0v) is 20.1. The Kier molecular flexibility index (Phi) is 5.23. The van der Waals surface area contributed by atoms with Crippen molar-refractivity contribution in [3.63, 3.8) is 0 Å². The first-order valence-corrected chi connectivity index (χ1v) is 12.8. The molecule has 5 rings (SSSR count). The van der Waals surface area contributed by atoms with E-state index in [1.54, 1.807) is 4.68 Å². The van der Waals surface area contributed by atoms with Gasteiger partial charge in [0, 0.05) is 18.8 Å². The summed E-state index contributed by atoms with van der Waals surface area (Å²) in [6.07, 6.45) is 5.01. The highest BCUT2D eigenvalue weighted by Gasteiger charge is 2.26. The lowest BCUT2D eigenvalue weighted by atomic mass is 9.94. The number of nitrogens with one attached hydrogen (secondary N) is 2. The maximum absolute atomic E-state index is 12.7. The summed E-state index contributed by atoms with van der Waals surface area (Å²) < 4.78 is 27.1. The molecule has 8 nitrogen and oxygen atoms in total. The third-order valence-corrected chi connectivity index (χ3v) is 8.21. The number of aromatic amines is 1. The number of hydrogen-bond donors (Lipinski definition) is 2. The van der Waals surface area contributed by atoms with Gasteiger partial charge in [0.1, 0.15) is 17.8 Å². The Hall–Kier alpha value is -3.20. The van der Waals surface area contributed by atoms with E-state index < -0.39 is 9.84 Å². The molecule has 0 spiro atoms. The van der Waals surface area contributed by atoms with Crippen molar-refractivity contribution in [3.05, 3.63) is 53.6 Å². The van der Waals surface area contributed by atoms with Gasteiger partial charge in [0.25, 0.3) is 0 Å². The van der Waals surface area contributed by atoms with Gasteiger partial charge in [-0.15, -0.1) is 0 Å². The maximum atomic E-state index is 12.7. The van der Waals surface area contributed by atoms with Gasteiger partial charge < -0.3 is 10.3 Å². The normalized spacial score (nSPS) is 16.2. The quantitative estimate of drug-likeness (QED) is 0.459. The Morgan fingerprint density at radius 2 is 2.00 bits per heavy atom. The summed E-state index contributed by atoms with van der Waals surface area (Å²) in [5.74, 6) is 1.14. The van der Waals surface area contributed by atoms with Crippen LogP contribution in [0.4, 0.5) is 5.82 Å². The summed E-state index contributed by atoms with van der Waals surface area (Å²) in [5, 5.41) is 8.89. The average Bonchev–Trinajstić information content (AvgIpc) is 3.34. The number of benzene rings is 1. The molecule has 9 heteroatoms. The molecule has 0 radical (unpaired) electrons. The van der Waals surface area contributed by atoms with E-state index in [0.29, 0.717) is 17.1 Å². The van der Waals surface area contributed by atoms with Crippen molar-refractivity contribution in [2.75, 3.05) is 11.1 Å². The van der Waals surface area contributed by atoms with Crippen molar-refractivity contribution in [2.45, 2.75) is 44.6 Å². The van der Waals surface area contributed by atoms with Gasteiger partial charge in [-0.1, -0.05) is 26.0 Å². The van der Waals surface area contributed by atoms with Gasteiger partial charge in [-0.25, -0.2) is 18.4 Å². The molecule has 2 N–H and O–H groups in total. The van der Waals surface area contributed by atoms with E-state index in [9.17, 15) is 8.42 Å². The van der Waals surface area contributed by atoms with Gasteiger partial charge in [0.05, 0.1) is 33.5 Å². The fourth-order valence-electron chi connectivity index (χ4n) is 4.67. The number of rotatable bonds is 5. The minimum Gasteiger partial charge on any atom is -0.362 e. The molecule has 3 aromatic heterocycles. The van der Waals surface area contributed by atoms with E-state index in [4.69, 9.17) is 0 Å².